The van der Waals surface area contributed by atoms with E-state index in [9.17, 15) is 13.2 Å². The first kappa shape index (κ1) is 13.1. The van der Waals surface area contributed by atoms with Crippen molar-refractivity contribution in [3.63, 3.8) is 0 Å². The SMILES string of the molecule is Nc1c(C2CCCCC2)c(C(F)(F)F)nc2ncnn12. The topological polar surface area (TPSA) is 69.1 Å². The Kier molecular flexibility index (Phi) is 3.02. The quantitative estimate of drug-likeness (QED) is 0.874. The molecule has 2 heterocycles. The molecule has 0 aliphatic heterocycles. The standard InChI is InChI=1S/C12H14F3N5/c13-12(14,15)9-8(7-4-2-1-3-5-7)10(16)20-11(19-9)17-6-18-20/h6-7H,1-5,16H2. The molecule has 2 aromatic heterocycles. The Labute approximate surface area is 113 Å². The molecule has 2 aromatic rings. The lowest BCUT2D eigenvalue weighted by atomic mass is 9.83. The van der Waals surface area contributed by atoms with Crippen LogP contribution in [0, 0.1) is 0 Å². The van der Waals surface area contributed by atoms with Crippen LogP contribution in [0.25, 0.3) is 5.78 Å². The average molecular weight is 285 g/mol. The highest BCUT2D eigenvalue weighted by Crippen LogP contribution is 2.42. The number of rotatable bonds is 1. The number of halogens is 3. The molecule has 0 spiro atoms. The van der Waals surface area contributed by atoms with Gasteiger partial charge in [-0.3, -0.25) is 0 Å². The summed E-state index contributed by atoms with van der Waals surface area (Å²) in [6.45, 7) is 0. The Bertz CT molecular complexity index is 628. The summed E-state index contributed by atoms with van der Waals surface area (Å²) in [5, 5.41) is 3.85. The minimum atomic E-state index is -4.53. The summed E-state index contributed by atoms with van der Waals surface area (Å²) in [5.74, 6) is -0.317. The van der Waals surface area contributed by atoms with Gasteiger partial charge in [-0.25, -0.2) is 4.98 Å². The van der Waals surface area contributed by atoms with Crippen molar-refractivity contribution in [2.24, 2.45) is 0 Å². The number of hydrogen-bond acceptors (Lipinski definition) is 4. The summed E-state index contributed by atoms with van der Waals surface area (Å²) in [4.78, 5) is 7.33. The van der Waals surface area contributed by atoms with Gasteiger partial charge in [0.1, 0.15) is 12.1 Å². The minimum absolute atomic E-state index is 0.00623. The Morgan fingerprint density at radius 2 is 1.90 bits per heavy atom. The number of nitrogens with zero attached hydrogens (tertiary/aromatic N) is 4. The van der Waals surface area contributed by atoms with Crippen molar-refractivity contribution in [1.82, 2.24) is 19.6 Å². The summed E-state index contributed by atoms with van der Waals surface area (Å²) >= 11 is 0. The first-order valence-corrected chi connectivity index (χ1v) is 6.55. The number of aromatic nitrogens is 4. The van der Waals surface area contributed by atoms with Gasteiger partial charge in [-0.2, -0.15) is 27.8 Å². The minimum Gasteiger partial charge on any atom is -0.383 e. The van der Waals surface area contributed by atoms with Crippen LogP contribution in [0.3, 0.4) is 0 Å². The predicted octanol–water partition coefficient (Wildman–Crippen LogP) is 2.77. The zero-order valence-corrected chi connectivity index (χ0v) is 10.7. The largest absolute Gasteiger partial charge is 0.433 e. The van der Waals surface area contributed by atoms with E-state index < -0.39 is 11.9 Å². The van der Waals surface area contributed by atoms with Crippen molar-refractivity contribution in [2.75, 3.05) is 5.73 Å². The first-order chi connectivity index (χ1) is 9.48. The molecule has 0 bridgehead atoms. The second-order valence-electron chi connectivity index (χ2n) is 5.06. The van der Waals surface area contributed by atoms with Gasteiger partial charge < -0.3 is 5.73 Å². The lowest BCUT2D eigenvalue weighted by molar-refractivity contribution is -0.142. The van der Waals surface area contributed by atoms with E-state index in [1.807, 2.05) is 0 Å². The molecule has 0 amide bonds. The first-order valence-electron chi connectivity index (χ1n) is 6.55. The van der Waals surface area contributed by atoms with Gasteiger partial charge in [0.25, 0.3) is 5.78 Å². The molecule has 0 radical (unpaired) electrons. The van der Waals surface area contributed by atoms with Crippen LogP contribution < -0.4 is 5.73 Å². The van der Waals surface area contributed by atoms with Gasteiger partial charge in [-0.15, -0.1) is 0 Å². The van der Waals surface area contributed by atoms with Crippen molar-refractivity contribution in [3.05, 3.63) is 17.6 Å². The van der Waals surface area contributed by atoms with Crippen LogP contribution in [0.2, 0.25) is 0 Å². The van der Waals surface area contributed by atoms with Gasteiger partial charge in [0.05, 0.1) is 0 Å². The lowest BCUT2D eigenvalue weighted by Crippen LogP contribution is -2.21. The molecule has 0 aromatic carbocycles. The molecule has 0 saturated heterocycles. The Morgan fingerprint density at radius 1 is 1.20 bits per heavy atom. The number of nitrogen functional groups attached to an aromatic ring is 1. The fourth-order valence-electron chi connectivity index (χ4n) is 2.89. The van der Waals surface area contributed by atoms with E-state index in [0.717, 1.165) is 25.6 Å². The maximum atomic E-state index is 13.2. The maximum Gasteiger partial charge on any atom is 0.433 e. The highest BCUT2D eigenvalue weighted by molar-refractivity contribution is 5.52. The number of nitrogens with two attached hydrogens (primary N) is 1. The number of anilines is 1. The predicted molar refractivity (Wildman–Crippen MR) is 66.0 cm³/mol. The van der Waals surface area contributed by atoms with Crippen LogP contribution in [-0.4, -0.2) is 19.6 Å². The van der Waals surface area contributed by atoms with Gasteiger partial charge in [0.2, 0.25) is 0 Å². The zero-order chi connectivity index (χ0) is 14.3. The van der Waals surface area contributed by atoms with Gasteiger partial charge in [0.15, 0.2) is 5.69 Å². The maximum absolute atomic E-state index is 13.2. The molecular weight excluding hydrogens is 271 g/mol. The molecule has 20 heavy (non-hydrogen) atoms. The van der Waals surface area contributed by atoms with Crippen LogP contribution >= 0.6 is 0 Å². The molecule has 2 N–H and O–H groups in total. The number of alkyl halides is 3. The van der Waals surface area contributed by atoms with E-state index in [1.54, 1.807) is 0 Å². The molecule has 1 fully saturated rings. The molecule has 1 aliphatic rings. The highest BCUT2D eigenvalue weighted by atomic mass is 19.4. The molecule has 1 saturated carbocycles. The van der Waals surface area contributed by atoms with Crippen LogP contribution in [0.15, 0.2) is 6.33 Å². The third-order valence-corrected chi connectivity index (χ3v) is 3.78. The molecule has 8 heteroatoms. The monoisotopic (exact) mass is 285 g/mol. The normalized spacial score (nSPS) is 17.8. The summed E-state index contributed by atoms with van der Waals surface area (Å²) in [6.07, 6.45) is 0.910. The molecule has 0 unspecified atom stereocenters. The van der Waals surface area contributed by atoms with Crippen LogP contribution in [0.4, 0.5) is 19.0 Å². The molecule has 108 valence electrons. The molecule has 5 nitrogen and oxygen atoms in total. The van der Waals surface area contributed by atoms with Gasteiger partial charge >= 0.3 is 6.18 Å². The number of hydrogen-bond donors (Lipinski definition) is 1. The molecular formula is C12H14F3N5. The molecule has 1 aliphatic carbocycles. The van der Waals surface area contributed by atoms with E-state index in [4.69, 9.17) is 5.73 Å². The second-order valence-corrected chi connectivity index (χ2v) is 5.06. The van der Waals surface area contributed by atoms with Gasteiger partial charge in [-0.1, -0.05) is 19.3 Å². The van der Waals surface area contributed by atoms with Crippen LogP contribution in [0.5, 0.6) is 0 Å². The third kappa shape index (κ3) is 2.08. The van der Waals surface area contributed by atoms with E-state index in [-0.39, 0.29) is 23.1 Å². The van der Waals surface area contributed by atoms with Crippen molar-refractivity contribution in [1.29, 1.82) is 0 Å². The fraction of sp³-hybridized carbons (Fsp3) is 0.583. The Morgan fingerprint density at radius 3 is 2.55 bits per heavy atom. The Balaban J connectivity index is 2.22. The van der Waals surface area contributed by atoms with Crippen molar-refractivity contribution < 1.29 is 13.2 Å². The van der Waals surface area contributed by atoms with Crippen LogP contribution in [-0.2, 0) is 6.18 Å². The van der Waals surface area contributed by atoms with Crippen molar-refractivity contribution in [3.8, 4) is 0 Å². The van der Waals surface area contributed by atoms with E-state index in [2.05, 4.69) is 15.1 Å². The summed E-state index contributed by atoms with van der Waals surface area (Å²) < 4.78 is 40.9. The van der Waals surface area contributed by atoms with E-state index >= 15 is 0 Å². The fourth-order valence-corrected chi connectivity index (χ4v) is 2.89. The number of fused-ring (bicyclic) bond motifs is 1. The summed E-state index contributed by atoms with van der Waals surface area (Å²) in [7, 11) is 0. The van der Waals surface area contributed by atoms with Gasteiger partial charge in [0, 0.05) is 5.56 Å². The Hall–Kier alpha value is -1.86. The second kappa shape index (κ2) is 4.60. The highest BCUT2D eigenvalue weighted by Gasteiger charge is 2.40. The average Bonchev–Trinajstić information content (AvgIpc) is 2.87. The van der Waals surface area contributed by atoms with E-state index in [0.29, 0.717) is 12.8 Å². The molecule has 0 atom stereocenters. The van der Waals surface area contributed by atoms with Crippen molar-refractivity contribution in [2.45, 2.75) is 44.2 Å². The molecule has 3 rings (SSSR count). The van der Waals surface area contributed by atoms with E-state index in [1.165, 1.54) is 4.52 Å². The van der Waals surface area contributed by atoms with Crippen molar-refractivity contribution >= 4 is 11.6 Å². The lowest BCUT2D eigenvalue weighted by Gasteiger charge is -2.25. The van der Waals surface area contributed by atoms with Crippen LogP contribution in [0.1, 0.15) is 49.3 Å². The zero-order valence-electron chi connectivity index (χ0n) is 10.7. The third-order valence-electron chi connectivity index (χ3n) is 3.78. The smallest absolute Gasteiger partial charge is 0.383 e. The summed E-state index contributed by atoms with van der Waals surface area (Å²) in [6, 6.07) is 0. The van der Waals surface area contributed by atoms with Gasteiger partial charge in [-0.05, 0) is 18.8 Å². The summed E-state index contributed by atoms with van der Waals surface area (Å²) in [5.41, 5.74) is 5.08.